The van der Waals surface area contributed by atoms with Gasteiger partial charge in [-0.05, 0) is 5.92 Å². The smallest absolute Gasteiger partial charge is 0.306 e. The molecule has 1 saturated heterocycles. The molecule has 6 nitrogen and oxygen atoms in total. The summed E-state index contributed by atoms with van der Waals surface area (Å²) in [6.45, 7) is 8.77. The molecule has 0 unspecified atom stereocenters. The number of aromatic nitrogens is 2. The molecule has 1 aromatic heterocycles. The fourth-order valence-electron chi connectivity index (χ4n) is 2.40. The Labute approximate surface area is 126 Å². The van der Waals surface area contributed by atoms with Crippen molar-refractivity contribution in [1.82, 2.24) is 14.9 Å². The van der Waals surface area contributed by atoms with Crippen molar-refractivity contribution in [2.75, 3.05) is 44.7 Å². The third kappa shape index (κ3) is 4.39. The highest BCUT2D eigenvalue weighted by Gasteiger charge is 2.19. The molecule has 0 atom stereocenters. The van der Waals surface area contributed by atoms with Crippen LogP contribution in [0.15, 0.2) is 12.4 Å². The van der Waals surface area contributed by atoms with E-state index >= 15 is 0 Å². The van der Waals surface area contributed by atoms with Crippen molar-refractivity contribution in [2.45, 2.75) is 26.2 Å². The van der Waals surface area contributed by atoms with E-state index < -0.39 is 0 Å². The molecule has 0 aliphatic carbocycles. The average molecular weight is 292 g/mol. The number of carbonyl (C=O) groups is 1. The quantitative estimate of drug-likeness (QED) is 0.762. The van der Waals surface area contributed by atoms with Gasteiger partial charge in [0.15, 0.2) is 0 Å². The Morgan fingerprint density at radius 2 is 2.00 bits per heavy atom. The van der Waals surface area contributed by atoms with Crippen LogP contribution in [0.4, 0.5) is 5.82 Å². The summed E-state index contributed by atoms with van der Waals surface area (Å²) >= 11 is 0. The number of esters is 1. The molecule has 1 aliphatic heterocycles. The van der Waals surface area contributed by atoms with Gasteiger partial charge in [-0.1, -0.05) is 13.8 Å². The first-order valence-corrected chi connectivity index (χ1v) is 7.46. The van der Waals surface area contributed by atoms with E-state index in [-0.39, 0.29) is 5.97 Å². The summed E-state index contributed by atoms with van der Waals surface area (Å²) in [6, 6.07) is 2.08. The van der Waals surface area contributed by atoms with Crippen LogP contribution in [-0.2, 0) is 9.53 Å². The molecule has 0 radical (unpaired) electrons. The Balaban J connectivity index is 1.86. The first-order valence-electron chi connectivity index (χ1n) is 7.46. The molecule has 116 valence electrons. The minimum atomic E-state index is -0.144. The van der Waals surface area contributed by atoms with E-state index in [1.165, 1.54) is 7.11 Å². The largest absolute Gasteiger partial charge is 0.469 e. The number of methoxy groups -OCH3 is 1. The van der Waals surface area contributed by atoms with E-state index in [1.807, 2.05) is 0 Å². The maximum atomic E-state index is 11.2. The van der Waals surface area contributed by atoms with Crippen molar-refractivity contribution < 1.29 is 9.53 Å². The molecule has 2 rings (SSSR count). The summed E-state index contributed by atoms with van der Waals surface area (Å²) in [5, 5.41) is 0. The van der Waals surface area contributed by atoms with Gasteiger partial charge in [-0.25, -0.2) is 9.97 Å². The summed E-state index contributed by atoms with van der Waals surface area (Å²) in [6.07, 6.45) is 2.11. The lowest BCUT2D eigenvalue weighted by Crippen LogP contribution is -2.47. The maximum Gasteiger partial charge on any atom is 0.306 e. The van der Waals surface area contributed by atoms with Crippen LogP contribution in [0.1, 0.15) is 31.9 Å². The number of nitrogens with zero attached hydrogens (tertiary/aromatic N) is 4. The predicted molar refractivity (Wildman–Crippen MR) is 81.4 cm³/mol. The van der Waals surface area contributed by atoms with Crippen LogP contribution in [0.2, 0.25) is 0 Å². The molecule has 0 amide bonds. The highest BCUT2D eigenvalue weighted by molar-refractivity contribution is 5.69. The number of hydrogen-bond acceptors (Lipinski definition) is 6. The monoisotopic (exact) mass is 292 g/mol. The van der Waals surface area contributed by atoms with Gasteiger partial charge in [0.05, 0.1) is 13.5 Å². The van der Waals surface area contributed by atoms with Crippen molar-refractivity contribution in [1.29, 1.82) is 0 Å². The van der Waals surface area contributed by atoms with E-state index in [1.54, 1.807) is 6.33 Å². The van der Waals surface area contributed by atoms with Crippen LogP contribution in [0.25, 0.3) is 0 Å². The molecule has 0 aromatic carbocycles. The summed E-state index contributed by atoms with van der Waals surface area (Å²) in [5.74, 6) is 1.27. The van der Waals surface area contributed by atoms with E-state index in [0.29, 0.717) is 12.3 Å². The standard InChI is InChI=1S/C15H24N4O2/c1-12(2)13-10-14(17-11-16-13)19-8-6-18(7-9-19)5-4-15(20)21-3/h10-12H,4-9H2,1-3H3. The summed E-state index contributed by atoms with van der Waals surface area (Å²) in [4.78, 5) is 24.4. The molecule has 6 heteroatoms. The zero-order chi connectivity index (χ0) is 15.2. The molecule has 2 heterocycles. The Morgan fingerprint density at radius 1 is 1.29 bits per heavy atom. The molecule has 0 N–H and O–H groups in total. The van der Waals surface area contributed by atoms with E-state index in [9.17, 15) is 4.79 Å². The lowest BCUT2D eigenvalue weighted by Gasteiger charge is -2.35. The number of anilines is 1. The van der Waals surface area contributed by atoms with Crippen LogP contribution in [-0.4, -0.2) is 60.7 Å². The van der Waals surface area contributed by atoms with E-state index in [4.69, 9.17) is 0 Å². The van der Waals surface area contributed by atoms with Gasteiger partial charge in [-0.15, -0.1) is 0 Å². The number of hydrogen-bond donors (Lipinski definition) is 0. The Kier molecular flexibility index (Phi) is 5.50. The van der Waals surface area contributed by atoms with Gasteiger partial charge in [0, 0.05) is 44.5 Å². The highest BCUT2D eigenvalue weighted by atomic mass is 16.5. The maximum absolute atomic E-state index is 11.2. The first kappa shape index (κ1) is 15.7. The number of piperazine rings is 1. The second-order valence-electron chi connectivity index (χ2n) is 5.61. The average Bonchev–Trinajstić information content (AvgIpc) is 2.53. The van der Waals surface area contributed by atoms with Crippen LogP contribution in [0.5, 0.6) is 0 Å². The molecule has 21 heavy (non-hydrogen) atoms. The molecule has 1 aliphatic rings. The van der Waals surface area contributed by atoms with Gasteiger partial charge in [-0.3, -0.25) is 9.69 Å². The van der Waals surface area contributed by atoms with E-state index in [0.717, 1.165) is 44.2 Å². The third-order valence-electron chi connectivity index (χ3n) is 3.82. The second-order valence-corrected chi connectivity index (χ2v) is 5.61. The molecule has 0 spiro atoms. The zero-order valence-corrected chi connectivity index (χ0v) is 13.1. The summed E-state index contributed by atoms with van der Waals surface area (Å²) < 4.78 is 4.67. The number of carbonyl (C=O) groups excluding carboxylic acids is 1. The SMILES string of the molecule is COC(=O)CCN1CCN(c2cc(C(C)C)ncn2)CC1. The summed E-state index contributed by atoms with van der Waals surface area (Å²) in [5.41, 5.74) is 1.08. The molecular weight excluding hydrogens is 268 g/mol. The second kappa shape index (κ2) is 7.36. The fraction of sp³-hybridized carbons (Fsp3) is 0.667. The highest BCUT2D eigenvalue weighted by Crippen LogP contribution is 2.18. The Morgan fingerprint density at radius 3 is 2.62 bits per heavy atom. The van der Waals surface area contributed by atoms with Gasteiger partial charge in [0.1, 0.15) is 12.1 Å². The lowest BCUT2D eigenvalue weighted by atomic mass is 10.1. The van der Waals surface area contributed by atoms with Crippen molar-refractivity contribution in [3.8, 4) is 0 Å². The Hall–Kier alpha value is -1.69. The van der Waals surface area contributed by atoms with Gasteiger partial charge in [0.25, 0.3) is 0 Å². The van der Waals surface area contributed by atoms with Gasteiger partial charge < -0.3 is 9.64 Å². The fourth-order valence-corrected chi connectivity index (χ4v) is 2.40. The van der Waals surface area contributed by atoms with Crippen molar-refractivity contribution >= 4 is 11.8 Å². The Bertz CT molecular complexity index is 470. The van der Waals surface area contributed by atoms with Crippen LogP contribution >= 0.6 is 0 Å². The number of ether oxygens (including phenoxy) is 1. The lowest BCUT2D eigenvalue weighted by molar-refractivity contribution is -0.141. The number of rotatable bonds is 5. The molecule has 0 saturated carbocycles. The van der Waals surface area contributed by atoms with Crippen LogP contribution < -0.4 is 4.90 Å². The topological polar surface area (TPSA) is 58.6 Å². The van der Waals surface area contributed by atoms with Crippen LogP contribution in [0, 0.1) is 0 Å². The normalized spacial score (nSPS) is 16.3. The minimum Gasteiger partial charge on any atom is -0.469 e. The molecular formula is C15H24N4O2. The third-order valence-corrected chi connectivity index (χ3v) is 3.82. The van der Waals surface area contributed by atoms with Gasteiger partial charge in [-0.2, -0.15) is 0 Å². The summed E-state index contributed by atoms with van der Waals surface area (Å²) in [7, 11) is 1.43. The van der Waals surface area contributed by atoms with Crippen molar-refractivity contribution in [2.24, 2.45) is 0 Å². The van der Waals surface area contributed by atoms with Gasteiger partial charge in [0.2, 0.25) is 0 Å². The zero-order valence-electron chi connectivity index (χ0n) is 13.1. The van der Waals surface area contributed by atoms with E-state index in [2.05, 4.69) is 44.4 Å². The van der Waals surface area contributed by atoms with Gasteiger partial charge >= 0.3 is 5.97 Å². The minimum absolute atomic E-state index is 0.144. The van der Waals surface area contributed by atoms with Crippen LogP contribution in [0.3, 0.4) is 0 Å². The predicted octanol–water partition coefficient (Wildman–Crippen LogP) is 1.29. The molecule has 0 bridgehead atoms. The van der Waals surface area contributed by atoms with Crippen molar-refractivity contribution in [3.63, 3.8) is 0 Å². The molecule has 1 fully saturated rings. The molecule has 1 aromatic rings. The van der Waals surface area contributed by atoms with Crippen molar-refractivity contribution in [3.05, 3.63) is 18.1 Å². The first-order chi connectivity index (χ1) is 10.1.